The average Bonchev–Trinajstić information content (AvgIpc) is 3.16. The Hall–Kier alpha value is -1.59. The Labute approximate surface area is 157 Å². The fourth-order valence-electron chi connectivity index (χ4n) is 4.17. The third-order valence-corrected chi connectivity index (χ3v) is 5.75. The molecule has 2 atom stereocenters. The molecule has 26 heavy (non-hydrogen) atoms. The fraction of sp³-hybridized carbons (Fsp3) is 0.667. The van der Waals surface area contributed by atoms with E-state index in [-0.39, 0.29) is 5.91 Å². The molecular formula is C21H32N2O3. The highest BCUT2D eigenvalue weighted by molar-refractivity contribution is 5.97. The van der Waals surface area contributed by atoms with Crippen molar-refractivity contribution >= 4 is 11.6 Å². The van der Waals surface area contributed by atoms with Gasteiger partial charge in [-0.3, -0.25) is 9.69 Å². The molecule has 1 aliphatic carbocycles. The number of nitrogens with one attached hydrogen (secondary N) is 1. The van der Waals surface area contributed by atoms with E-state index in [1.54, 1.807) is 7.11 Å². The van der Waals surface area contributed by atoms with Crippen LogP contribution in [0.3, 0.4) is 0 Å². The Balaban J connectivity index is 1.50. The van der Waals surface area contributed by atoms with Crippen LogP contribution in [0.2, 0.25) is 0 Å². The third-order valence-electron chi connectivity index (χ3n) is 5.75. The molecule has 1 amide bonds. The summed E-state index contributed by atoms with van der Waals surface area (Å²) in [7, 11) is 1.65. The molecule has 1 N–H and O–H groups in total. The Bertz CT molecular complexity index is 583. The molecule has 1 saturated heterocycles. The van der Waals surface area contributed by atoms with Gasteiger partial charge in [-0.2, -0.15) is 0 Å². The molecule has 1 heterocycles. The van der Waals surface area contributed by atoms with Crippen molar-refractivity contribution in [2.45, 2.75) is 51.0 Å². The van der Waals surface area contributed by atoms with Crippen molar-refractivity contribution in [3.8, 4) is 5.75 Å². The van der Waals surface area contributed by atoms with Crippen LogP contribution >= 0.6 is 0 Å². The minimum atomic E-state index is -0.692. The van der Waals surface area contributed by atoms with Gasteiger partial charge in [-0.25, -0.2) is 0 Å². The number of nitrogens with zero attached hydrogens (tertiary/aromatic N) is 1. The smallest absolute Gasteiger partial charge is 0.256 e. The number of benzene rings is 1. The first-order chi connectivity index (χ1) is 12.6. The molecular weight excluding hydrogens is 328 g/mol. The average molecular weight is 360 g/mol. The molecule has 0 aromatic heterocycles. The Kier molecular flexibility index (Phi) is 6.54. The van der Waals surface area contributed by atoms with E-state index >= 15 is 0 Å². The number of anilines is 1. The lowest BCUT2D eigenvalue weighted by Gasteiger charge is -2.37. The van der Waals surface area contributed by atoms with Crippen molar-refractivity contribution in [1.82, 2.24) is 4.90 Å². The van der Waals surface area contributed by atoms with Crippen molar-refractivity contribution < 1.29 is 14.3 Å². The summed E-state index contributed by atoms with van der Waals surface area (Å²) in [5, 5.41) is 3.02. The molecule has 5 heteroatoms. The fourth-order valence-corrected chi connectivity index (χ4v) is 4.17. The first kappa shape index (κ1) is 19.2. The van der Waals surface area contributed by atoms with E-state index in [1.165, 1.54) is 32.4 Å². The van der Waals surface area contributed by atoms with Gasteiger partial charge in [0.25, 0.3) is 5.91 Å². The topological polar surface area (TPSA) is 50.8 Å². The maximum absolute atomic E-state index is 12.8. The minimum absolute atomic E-state index is 0.0331. The van der Waals surface area contributed by atoms with Crippen LogP contribution in [0.15, 0.2) is 24.3 Å². The monoisotopic (exact) mass is 360 g/mol. The normalized spacial score (nSPS) is 26.6. The van der Waals surface area contributed by atoms with Crippen LogP contribution in [0.5, 0.6) is 5.75 Å². The van der Waals surface area contributed by atoms with Gasteiger partial charge in [0, 0.05) is 19.3 Å². The highest BCUT2D eigenvalue weighted by Crippen LogP contribution is 2.35. The number of methoxy groups -OCH3 is 1. The maximum atomic E-state index is 12.8. The van der Waals surface area contributed by atoms with Crippen molar-refractivity contribution in [3.63, 3.8) is 0 Å². The lowest BCUT2D eigenvalue weighted by molar-refractivity contribution is -0.143. The summed E-state index contributed by atoms with van der Waals surface area (Å²) in [5.41, 5.74) is 0.0966. The van der Waals surface area contributed by atoms with Gasteiger partial charge in [-0.1, -0.05) is 13.3 Å². The van der Waals surface area contributed by atoms with E-state index in [0.717, 1.165) is 37.2 Å². The zero-order valence-corrected chi connectivity index (χ0v) is 16.1. The largest absolute Gasteiger partial charge is 0.492 e. The molecule has 1 aromatic carbocycles. The molecule has 1 aromatic rings. The van der Waals surface area contributed by atoms with Crippen LogP contribution in [-0.2, 0) is 9.53 Å². The second kappa shape index (κ2) is 8.87. The Morgan fingerprint density at radius 1 is 1.23 bits per heavy atom. The van der Waals surface area contributed by atoms with Crippen LogP contribution < -0.4 is 10.1 Å². The summed E-state index contributed by atoms with van der Waals surface area (Å²) in [6.45, 7) is 6.25. The number of rotatable bonds is 7. The number of likely N-dealkylation sites (tertiary alicyclic amines) is 1. The third kappa shape index (κ3) is 4.77. The minimum Gasteiger partial charge on any atom is -0.492 e. The van der Waals surface area contributed by atoms with E-state index < -0.39 is 5.60 Å². The van der Waals surface area contributed by atoms with Gasteiger partial charge in [0.15, 0.2) is 0 Å². The number of amides is 1. The molecule has 1 aliphatic heterocycles. The van der Waals surface area contributed by atoms with Crippen molar-refractivity contribution in [1.29, 1.82) is 0 Å². The second-order valence-corrected chi connectivity index (χ2v) is 7.78. The molecule has 3 rings (SSSR count). The lowest BCUT2D eigenvalue weighted by atomic mass is 9.78. The number of hydrogen-bond acceptors (Lipinski definition) is 4. The predicted octanol–water partition coefficient (Wildman–Crippen LogP) is 3.70. The summed E-state index contributed by atoms with van der Waals surface area (Å²) in [6.07, 6.45) is 6.38. The van der Waals surface area contributed by atoms with Gasteiger partial charge in [0.05, 0.1) is 0 Å². The molecule has 0 radical (unpaired) electrons. The van der Waals surface area contributed by atoms with Crippen molar-refractivity contribution in [2.75, 3.05) is 38.7 Å². The van der Waals surface area contributed by atoms with E-state index in [9.17, 15) is 4.79 Å². The van der Waals surface area contributed by atoms with Crippen LogP contribution in [0, 0.1) is 5.92 Å². The van der Waals surface area contributed by atoms with E-state index in [4.69, 9.17) is 9.47 Å². The highest BCUT2D eigenvalue weighted by atomic mass is 16.5. The van der Waals surface area contributed by atoms with Gasteiger partial charge in [-0.05, 0) is 75.4 Å². The summed E-state index contributed by atoms with van der Waals surface area (Å²) in [6, 6.07) is 7.64. The molecule has 2 aliphatic rings. The van der Waals surface area contributed by atoms with Crippen molar-refractivity contribution in [3.05, 3.63) is 24.3 Å². The number of carbonyl (C=O) groups excluding carboxylic acids is 1. The summed E-state index contributed by atoms with van der Waals surface area (Å²) in [4.78, 5) is 15.2. The first-order valence-electron chi connectivity index (χ1n) is 9.93. The van der Waals surface area contributed by atoms with Gasteiger partial charge in [0.1, 0.15) is 18.0 Å². The highest BCUT2D eigenvalue weighted by Gasteiger charge is 2.41. The molecule has 0 spiro atoms. The zero-order valence-electron chi connectivity index (χ0n) is 16.1. The summed E-state index contributed by atoms with van der Waals surface area (Å²) in [5.74, 6) is 1.32. The van der Waals surface area contributed by atoms with Gasteiger partial charge < -0.3 is 14.8 Å². The Morgan fingerprint density at radius 2 is 1.96 bits per heavy atom. The number of hydrogen-bond donors (Lipinski definition) is 1. The van der Waals surface area contributed by atoms with E-state index in [1.807, 2.05) is 24.3 Å². The van der Waals surface area contributed by atoms with Gasteiger partial charge in [-0.15, -0.1) is 0 Å². The number of ether oxygens (including phenoxy) is 2. The van der Waals surface area contributed by atoms with E-state index in [2.05, 4.69) is 17.1 Å². The molecule has 0 unspecified atom stereocenters. The van der Waals surface area contributed by atoms with Crippen LogP contribution in [0.25, 0.3) is 0 Å². The molecule has 2 fully saturated rings. The number of carbonyl (C=O) groups is 1. The standard InChI is InChI=1S/C21H32N2O3/c1-17-6-5-11-21(16-17,25-2)20(24)22-18-7-9-19(10-8-18)26-15-14-23-12-3-4-13-23/h7-10,17H,3-6,11-16H2,1-2H3,(H,22,24)/t17-,21-/m0/s1. The molecule has 0 bridgehead atoms. The molecule has 5 nitrogen and oxygen atoms in total. The summed E-state index contributed by atoms with van der Waals surface area (Å²) >= 11 is 0. The van der Waals surface area contributed by atoms with Crippen LogP contribution in [0.4, 0.5) is 5.69 Å². The zero-order chi connectivity index (χ0) is 18.4. The second-order valence-electron chi connectivity index (χ2n) is 7.78. The van der Waals surface area contributed by atoms with Crippen LogP contribution in [-0.4, -0.2) is 49.8 Å². The summed E-state index contributed by atoms with van der Waals surface area (Å²) < 4.78 is 11.5. The molecule has 144 valence electrons. The quantitative estimate of drug-likeness (QED) is 0.806. The van der Waals surface area contributed by atoms with Crippen LogP contribution in [0.1, 0.15) is 45.4 Å². The van der Waals surface area contributed by atoms with E-state index in [0.29, 0.717) is 12.5 Å². The first-order valence-corrected chi connectivity index (χ1v) is 9.93. The van der Waals surface area contributed by atoms with Crippen molar-refractivity contribution in [2.24, 2.45) is 5.92 Å². The SMILES string of the molecule is CO[C@@]1(C(=O)Nc2ccc(OCCN3CCCC3)cc2)CCC[C@H](C)C1. The van der Waals surface area contributed by atoms with Gasteiger partial charge >= 0.3 is 0 Å². The molecule has 1 saturated carbocycles. The predicted molar refractivity (Wildman–Crippen MR) is 104 cm³/mol. The maximum Gasteiger partial charge on any atom is 0.256 e. The van der Waals surface area contributed by atoms with Gasteiger partial charge in [0.2, 0.25) is 0 Å². The Morgan fingerprint density at radius 3 is 2.62 bits per heavy atom. The lowest BCUT2D eigenvalue weighted by Crippen LogP contribution is -2.47.